The zero-order valence-electron chi connectivity index (χ0n) is 17.5. The lowest BCUT2D eigenvalue weighted by molar-refractivity contribution is -0.112. The lowest BCUT2D eigenvalue weighted by Crippen LogP contribution is -2.38. The van der Waals surface area contributed by atoms with E-state index in [1.165, 1.54) is 0 Å². The fourth-order valence-corrected chi connectivity index (χ4v) is 3.39. The van der Waals surface area contributed by atoms with Crippen LogP contribution in [0.3, 0.4) is 0 Å². The molecule has 30 heavy (non-hydrogen) atoms. The Morgan fingerprint density at radius 3 is 2.33 bits per heavy atom. The summed E-state index contributed by atoms with van der Waals surface area (Å²) in [5, 5.41) is 0.909. The van der Waals surface area contributed by atoms with Gasteiger partial charge in [-0.25, -0.2) is 9.69 Å². The van der Waals surface area contributed by atoms with E-state index in [4.69, 9.17) is 32.7 Å². The van der Waals surface area contributed by atoms with Crippen molar-refractivity contribution in [2.75, 3.05) is 4.90 Å². The molecule has 1 aliphatic rings. The van der Waals surface area contributed by atoms with Crippen molar-refractivity contribution in [2.24, 2.45) is 0 Å². The van der Waals surface area contributed by atoms with Gasteiger partial charge in [0.2, 0.25) is 0 Å². The van der Waals surface area contributed by atoms with E-state index >= 15 is 0 Å². The minimum Gasteiger partial charge on any atom is -0.490 e. The second kappa shape index (κ2) is 8.32. The molecule has 0 bridgehead atoms. The van der Waals surface area contributed by atoms with Gasteiger partial charge in [0.1, 0.15) is 11.4 Å². The molecule has 0 unspecified atom stereocenters. The Kier molecular flexibility index (Phi) is 6.16. The second-order valence-corrected chi connectivity index (χ2v) is 9.06. The first-order valence-electron chi connectivity index (χ1n) is 9.51. The number of hydrogen-bond acceptors (Lipinski definition) is 4. The quantitative estimate of drug-likeness (QED) is 0.497. The molecule has 0 atom stereocenters. The van der Waals surface area contributed by atoms with Crippen LogP contribution in [0.15, 0.2) is 36.4 Å². The number of hydrogen-bond donors (Lipinski definition) is 0. The Hall–Kier alpha value is -2.50. The van der Waals surface area contributed by atoms with Crippen LogP contribution >= 0.6 is 23.2 Å². The van der Waals surface area contributed by atoms with Gasteiger partial charge in [-0.3, -0.25) is 4.79 Å². The first-order chi connectivity index (χ1) is 14.0. The summed E-state index contributed by atoms with van der Waals surface area (Å²) in [5.74, 6) is 0.0814. The van der Waals surface area contributed by atoms with Gasteiger partial charge in [-0.05, 0) is 71.0 Å². The van der Waals surface area contributed by atoms with Gasteiger partial charge in [-0.2, -0.15) is 0 Å². The number of anilines is 1. The van der Waals surface area contributed by atoms with Gasteiger partial charge in [0.25, 0.3) is 5.91 Å². The molecule has 3 rings (SSSR count). The molecule has 158 valence electrons. The van der Waals surface area contributed by atoms with E-state index in [0.717, 1.165) is 4.90 Å². The Bertz CT molecular complexity index is 1040. The molecule has 0 saturated carbocycles. The fourth-order valence-electron chi connectivity index (χ4n) is 3.04. The lowest BCUT2D eigenvalue weighted by Gasteiger charge is -2.23. The molecule has 2 aromatic carbocycles. The third-order valence-electron chi connectivity index (χ3n) is 4.13. The Morgan fingerprint density at radius 1 is 1.07 bits per heavy atom. The number of fused-ring (bicyclic) bond motifs is 1. The normalized spacial score (nSPS) is 15.0. The maximum atomic E-state index is 13.3. The van der Waals surface area contributed by atoms with Gasteiger partial charge in [0, 0.05) is 21.2 Å². The lowest BCUT2D eigenvalue weighted by atomic mass is 10.0. The smallest absolute Gasteiger partial charge is 0.422 e. The van der Waals surface area contributed by atoms with Crippen molar-refractivity contribution in [2.45, 2.75) is 46.3 Å². The maximum Gasteiger partial charge on any atom is 0.422 e. The van der Waals surface area contributed by atoms with Crippen molar-refractivity contribution in [3.05, 3.63) is 57.6 Å². The summed E-state index contributed by atoms with van der Waals surface area (Å²) in [6, 6.07) is 10.1. The highest BCUT2D eigenvalue weighted by molar-refractivity contribution is 6.42. The van der Waals surface area contributed by atoms with Crippen LogP contribution in [-0.4, -0.2) is 23.7 Å². The molecule has 0 radical (unpaired) electrons. The average Bonchev–Trinajstić information content (AvgIpc) is 2.86. The van der Waals surface area contributed by atoms with Gasteiger partial charge >= 0.3 is 6.09 Å². The van der Waals surface area contributed by atoms with Gasteiger partial charge in [-0.1, -0.05) is 29.3 Å². The van der Waals surface area contributed by atoms with Gasteiger partial charge in [0.15, 0.2) is 0 Å². The van der Waals surface area contributed by atoms with Gasteiger partial charge in [-0.15, -0.1) is 0 Å². The predicted octanol–water partition coefficient (Wildman–Crippen LogP) is 6.60. The number of rotatable bonds is 3. The van der Waals surface area contributed by atoms with Crippen LogP contribution in [0.5, 0.6) is 5.75 Å². The van der Waals surface area contributed by atoms with Crippen molar-refractivity contribution in [1.29, 1.82) is 0 Å². The first-order valence-corrected chi connectivity index (χ1v) is 10.3. The van der Waals surface area contributed by atoms with Crippen LogP contribution in [0.25, 0.3) is 11.6 Å². The monoisotopic (exact) mass is 447 g/mol. The maximum absolute atomic E-state index is 13.3. The molecule has 1 heterocycles. The van der Waals surface area contributed by atoms with E-state index in [-0.39, 0.29) is 6.10 Å². The predicted molar refractivity (Wildman–Crippen MR) is 120 cm³/mol. The van der Waals surface area contributed by atoms with Crippen molar-refractivity contribution in [3.8, 4) is 5.75 Å². The van der Waals surface area contributed by atoms with Crippen LogP contribution in [0.2, 0.25) is 10.0 Å². The molecule has 2 aromatic rings. The first kappa shape index (κ1) is 22.2. The Balaban J connectivity index is 2.13. The summed E-state index contributed by atoms with van der Waals surface area (Å²) < 4.78 is 11.3. The van der Waals surface area contributed by atoms with E-state index in [2.05, 4.69) is 0 Å². The summed E-state index contributed by atoms with van der Waals surface area (Å²) in [5.41, 5.74) is 1.15. The third kappa shape index (κ3) is 4.79. The Morgan fingerprint density at radius 2 is 1.70 bits per heavy atom. The van der Waals surface area contributed by atoms with Crippen LogP contribution in [0.4, 0.5) is 10.5 Å². The zero-order chi connectivity index (χ0) is 22.2. The van der Waals surface area contributed by atoms with Crippen molar-refractivity contribution in [3.63, 3.8) is 0 Å². The third-order valence-corrected chi connectivity index (χ3v) is 4.60. The molecule has 0 spiro atoms. The molecule has 2 amide bonds. The number of benzene rings is 2. The van der Waals surface area contributed by atoms with Crippen LogP contribution in [0, 0.1) is 0 Å². The molecule has 0 N–H and O–H groups in total. The molecule has 0 aliphatic carbocycles. The molecule has 5 nitrogen and oxygen atoms in total. The minimum atomic E-state index is -0.760. The molecule has 0 aromatic heterocycles. The molecular weight excluding hydrogens is 425 g/mol. The van der Waals surface area contributed by atoms with Crippen molar-refractivity contribution in [1.82, 2.24) is 0 Å². The number of ether oxygens (including phenoxy) is 2. The van der Waals surface area contributed by atoms with E-state index in [1.54, 1.807) is 63.2 Å². The average molecular weight is 448 g/mol. The van der Waals surface area contributed by atoms with Crippen LogP contribution < -0.4 is 9.64 Å². The number of amides is 2. The SMILES string of the molecule is CC(C)Oc1ccc(Cl)cc1C=C1C(=O)N(C(=O)OC(C)(C)C)c2cc(Cl)ccc21. The van der Waals surface area contributed by atoms with Gasteiger partial charge in [0.05, 0.1) is 17.4 Å². The summed E-state index contributed by atoms with van der Waals surface area (Å²) >= 11 is 12.3. The number of imide groups is 1. The van der Waals surface area contributed by atoms with E-state index in [0.29, 0.717) is 38.2 Å². The Labute approximate surface area is 186 Å². The summed E-state index contributed by atoms with van der Waals surface area (Å²) in [6.45, 7) is 9.04. The van der Waals surface area contributed by atoms with E-state index < -0.39 is 17.6 Å². The molecule has 1 aliphatic heterocycles. The number of halogens is 2. The van der Waals surface area contributed by atoms with E-state index in [9.17, 15) is 9.59 Å². The highest BCUT2D eigenvalue weighted by atomic mass is 35.5. The number of nitrogens with zero attached hydrogens (tertiary/aromatic N) is 1. The van der Waals surface area contributed by atoms with Crippen molar-refractivity contribution < 1.29 is 19.1 Å². The largest absolute Gasteiger partial charge is 0.490 e. The fraction of sp³-hybridized carbons (Fsp3) is 0.304. The van der Waals surface area contributed by atoms with Crippen molar-refractivity contribution >= 4 is 52.5 Å². The number of carbonyl (C=O) groups excluding carboxylic acids is 2. The number of carbonyl (C=O) groups is 2. The van der Waals surface area contributed by atoms with E-state index in [1.807, 2.05) is 13.8 Å². The standard InChI is InChI=1S/C23H23Cl2NO4/c1-13(2)29-20-9-7-15(24)10-14(20)11-18-17-8-6-16(25)12-19(17)26(21(18)27)22(28)30-23(3,4)5/h6-13H,1-5H3. The highest BCUT2D eigenvalue weighted by Crippen LogP contribution is 2.41. The molecule has 0 fully saturated rings. The molecule has 0 saturated heterocycles. The molecular formula is C23H23Cl2NO4. The summed E-state index contributed by atoms with van der Waals surface area (Å²) in [4.78, 5) is 27.0. The highest BCUT2D eigenvalue weighted by Gasteiger charge is 2.39. The summed E-state index contributed by atoms with van der Waals surface area (Å²) in [7, 11) is 0. The van der Waals surface area contributed by atoms with Crippen LogP contribution in [0.1, 0.15) is 45.7 Å². The topological polar surface area (TPSA) is 55.8 Å². The second-order valence-electron chi connectivity index (χ2n) is 8.19. The summed E-state index contributed by atoms with van der Waals surface area (Å²) in [6.07, 6.45) is 0.847. The minimum absolute atomic E-state index is 0.0630. The molecule has 7 heteroatoms. The van der Waals surface area contributed by atoms with Gasteiger partial charge < -0.3 is 9.47 Å². The zero-order valence-corrected chi connectivity index (χ0v) is 19.0. The van der Waals surface area contributed by atoms with Crippen LogP contribution in [-0.2, 0) is 9.53 Å².